The number of anilines is 1. The fraction of sp³-hybridized carbons (Fsp3) is 0.600. The molecule has 4 nitrogen and oxygen atoms in total. The third-order valence-corrected chi connectivity index (χ3v) is 2.98. The van der Waals surface area contributed by atoms with Crippen LogP contribution in [-0.2, 0) is 4.74 Å². The summed E-state index contributed by atoms with van der Waals surface area (Å²) in [5.41, 5.74) is 0. The number of rotatable bonds is 3. The molecule has 0 aromatic carbocycles. The lowest BCUT2D eigenvalue weighted by Crippen LogP contribution is -2.24. The van der Waals surface area contributed by atoms with Crippen LogP contribution in [0.15, 0.2) is 12.4 Å². The fourth-order valence-corrected chi connectivity index (χ4v) is 1.89. The van der Waals surface area contributed by atoms with Crippen molar-refractivity contribution in [3.8, 4) is 0 Å². The molecule has 2 heterocycles. The SMILES string of the molecule is Ic1cnc(NCC2CCCOC2)nc1. The number of nitrogens with zero attached hydrogens (tertiary/aromatic N) is 2. The monoisotopic (exact) mass is 319 g/mol. The van der Waals surface area contributed by atoms with Gasteiger partial charge in [0.25, 0.3) is 0 Å². The Hall–Kier alpha value is -0.430. The first-order valence-corrected chi connectivity index (χ1v) is 6.21. The van der Waals surface area contributed by atoms with Gasteiger partial charge in [0.05, 0.1) is 6.61 Å². The Labute approximate surface area is 103 Å². The molecule has 1 aliphatic heterocycles. The summed E-state index contributed by atoms with van der Waals surface area (Å²) in [5.74, 6) is 1.31. The van der Waals surface area contributed by atoms with Gasteiger partial charge in [0.2, 0.25) is 5.95 Å². The Bertz CT molecular complexity index is 298. The molecular formula is C10H14IN3O. The van der Waals surface area contributed by atoms with Crippen molar-refractivity contribution in [1.82, 2.24) is 9.97 Å². The molecule has 1 aliphatic rings. The number of halogens is 1. The summed E-state index contributed by atoms with van der Waals surface area (Å²) in [6.07, 6.45) is 6.03. The molecule has 1 unspecified atom stereocenters. The summed E-state index contributed by atoms with van der Waals surface area (Å²) in [7, 11) is 0. The molecule has 1 aromatic rings. The van der Waals surface area contributed by atoms with Crippen LogP contribution in [0, 0.1) is 9.49 Å². The van der Waals surface area contributed by atoms with E-state index in [4.69, 9.17) is 4.74 Å². The van der Waals surface area contributed by atoms with Gasteiger partial charge in [0.1, 0.15) is 0 Å². The van der Waals surface area contributed by atoms with E-state index in [1.807, 2.05) is 12.4 Å². The highest BCUT2D eigenvalue weighted by Crippen LogP contribution is 2.13. The molecule has 1 atom stereocenters. The first kappa shape index (κ1) is 11.1. The first-order chi connectivity index (χ1) is 7.34. The molecule has 1 aromatic heterocycles. The van der Waals surface area contributed by atoms with Crippen LogP contribution in [-0.4, -0.2) is 29.7 Å². The number of hydrogen-bond acceptors (Lipinski definition) is 4. The third kappa shape index (κ3) is 3.57. The molecule has 82 valence electrons. The van der Waals surface area contributed by atoms with Gasteiger partial charge in [-0.25, -0.2) is 9.97 Å². The molecule has 0 aliphatic carbocycles. The predicted octanol–water partition coefficient (Wildman–Crippen LogP) is 1.92. The van der Waals surface area contributed by atoms with Crippen LogP contribution in [0.5, 0.6) is 0 Å². The van der Waals surface area contributed by atoms with E-state index in [2.05, 4.69) is 37.9 Å². The average molecular weight is 319 g/mol. The third-order valence-electron chi connectivity index (χ3n) is 2.42. The maximum absolute atomic E-state index is 5.41. The lowest BCUT2D eigenvalue weighted by Gasteiger charge is -2.22. The van der Waals surface area contributed by atoms with Crippen LogP contribution < -0.4 is 5.32 Å². The van der Waals surface area contributed by atoms with Crippen LogP contribution in [0.2, 0.25) is 0 Å². The van der Waals surface area contributed by atoms with E-state index in [1.54, 1.807) is 0 Å². The van der Waals surface area contributed by atoms with Crippen LogP contribution in [0.25, 0.3) is 0 Å². The van der Waals surface area contributed by atoms with Gasteiger partial charge in [-0.3, -0.25) is 0 Å². The molecule has 0 radical (unpaired) electrons. The second-order valence-electron chi connectivity index (χ2n) is 3.69. The molecule has 0 saturated carbocycles. The first-order valence-electron chi connectivity index (χ1n) is 5.14. The van der Waals surface area contributed by atoms with Crippen molar-refractivity contribution < 1.29 is 4.74 Å². The minimum absolute atomic E-state index is 0.599. The molecule has 0 spiro atoms. The Morgan fingerprint density at radius 2 is 2.27 bits per heavy atom. The van der Waals surface area contributed by atoms with Crippen LogP contribution >= 0.6 is 22.6 Å². The second kappa shape index (κ2) is 5.60. The van der Waals surface area contributed by atoms with E-state index >= 15 is 0 Å². The van der Waals surface area contributed by atoms with E-state index in [-0.39, 0.29) is 0 Å². The van der Waals surface area contributed by atoms with Gasteiger partial charge in [-0.15, -0.1) is 0 Å². The maximum atomic E-state index is 5.41. The van der Waals surface area contributed by atoms with E-state index in [0.717, 1.165) is 23.3 Å². The smallest absolute Gasteiger partial charge is 0.222 e. The summed E-state index contributed by atoms with van der Waals surface area (Å²) in [6, 6.07) is 0. The zero-order valence-corrected chi connectivity index (χ0v) is 10.6. The van der Waals surface area contributed by atoms with Crippen molar-refractivity contribution in [3.05, 3.63) is 16.0 Å². The van der Waals surface area contributed by atoms with Crippen LogP contribution in [0.3, 0.4) is 0 Å². The van der Waals surface area contributed by atoms with Gasteiger partial charge in [0.15, 0.2) is 0 Å². The average Bonchev–Trinajstić information content (AvgIpc) is 2.30. The van der Waals surface area contributed by atoms with Crippen molar-refractivity contribution in [2.75, 3.05) is 25.1 Å². The van der Waals surface area contributed by atoms with Gasteiger partial charge in [0, 0.05) is 29.1 Å². The van der Waals surface area contributed by atoms with Gasteiger partial charge >= 0.3 is 0 Å². The quantitative estimate of drug-likeness (QED) is 0.865. The Kier molecular flexibility index (Phi) is 4.13. The Balaban J connectivity index is 1.79. The minimum atomic E-state index is 0.599. The van der Waals surface area contributed by atoms with Crippen molar-refractivity contribution in [1.29, 1.82) is 0 Å². The van der Waals surface area contributed by atoms with Crippen LogP contribution in [0.1, 0.15) is 12.8 Å². The standard InChI is InChI=1S/C10H14IN3O/c11-9-5-13-10(14-6-9)12-4-8-2-1-3-15-7-8/h5-6,8H,1-4,7H2,(H,12,13,14). The number of aromatic nitrogens is 2. The van der Waals surface area contributed by atoms with Crippen molar-refractivity contribution >= 4 is 28.5 Å². The molecule has 1 fully saturated rings. The minimum Gasteiger partial charge on any atom is -0.381 e. The fourth-order valence-electron chi connectivity index (χ4n) is 1.61. The largest absolute Gasteiger partial charge is 0.381 e. The van der Waals surface area contributed by atoms with Crippen molar-refractivity contribution in [2.24, 2.45) is 5.92 Å². The van der Waals surface area contributed by atoms with Crippen molar-refractivity contribution in [3.63, 3.8) is 0 Å². The highest BCUT2D eigenvalue weighted by Gasteiger charge is 2.13. The van der Waals surface area contributed by atoms with E-state index in [9.17, 15) is 0 Å². The van der Waals surface area contributed by atoms with Gasteiger partial charge in [-0.1, -0.05) is 0 Å². The summed E-state index contributed by atoms with van der Waals surface area (Å²) in [5, 5.41) is 3.24. The van der Waals surface area contributed by atoms with Crippen LogP contribution in [0.4, 0.5) is 5.95 Å². The molecule has 1 saturated heterocycles. The zero-order valence-electron chi connectivity index (χ0n) is 8.45. The number of hydrogen-bond donors (Lipinski definition) is 1. The van der Waals surface area contributed by atoms with E-state index in [0.29, 0.717) is 11.9 Å². The lowest BCUT2D eigenvalue weighted by molar-refractivity contribution is 0.0594. The lowest BCUT2D eigenvalue weighted by atomic mass is 10.0. The number of nitrogens with one attached hydrogen (secondary N) is 1. The summed E-state index contributed by atoms with van der Waals surface area (Å²) in [6.45, 7) is 2.68. The molecular weight excluding hydrogens is 305 g/mol. The van der Waals surface area contributed by atoms with E-state index < -0.39 is 0 Å². The highest BCUT2D eigenvalue weighted by molar-refractivity contribution is 14.1. The molecule has 5 heteroatoms. The molecule has 1 N–H and O–H groups in total. The van der Waals surface area contributed by atoms with Gasteiger partial charge in [-0.05, 0) is 41.4 Å². The molecule has 0 amide bonds. The summed E-state index contributed by atoms with van der Waals surface area (Å²) in [4.78, 5) is 8.38. The Morgan fingerprint density at radius 1 is 1.47 bits per heavy atom. The molecule has 15 heavy (non-hydrogen) atoms. The normalized spacial score (nSPS) is 21.3. The van der Waals surface area contributed by atoms with Gasteiger partial charge in [-0.2, -0.15) is 0 Å². The highest BCUT2D eigenvalue weighted by atomic mass is 127. The number of ether oxygens (including phenoxy) is 1. The molecule has 0 bridgehead atoms. The second-order valence-corrected chi connectivity index (χ2v) is 4.93. The summed E-state index contributed by atoms with van der Waals surface area (Å²) < 4.78 is 6.46. The van der Waals surface area contributed by atoms with Crippen molar-refractivity contribution in [2.45, 2.75) is 12.8 Å². The topological polar surface area (TPSA) is 47.0 Å². The Morgan fingerprint density at radius 3 is 2.93 bits per heavy atom. The zero-order chi connectivity index (χ0) is 10.5. The van der Waals surface area contributed by atoms with Gasteiger partial charge < -0.3 is 10.1 Å². The maximum Gasteiger partial charge on any atom is 0.222 e. The van der Waals surface area contributed by atoms with E-state index in [1.165, 1.54) is 12.8 Å². The predicted molar refractivity (Wildman–Crippen MR) is 66.8 cm³/mol. The summed E-state index contributed by atoms with van der Waals surface area (Å²) >= 11 is 2.20. The molecule has 2 rings (SSSR count).